The SMILES string of the molecule is CCc1c(O)cccc1-c1cccc(O)c1CC. The topological polar surface area (TPSA) is 40.5 Å². The number of phenols is 2. The van der Waals surface area contributed by atoms with E-state index in [0.29, 0.717) is 11.5 Å². The Morgan fingerprint density at radius 3 is 1.44 bits per heavy atom. The van der Waals surface area contributed by atoms with Crippen LogP contribution in [0.3, 0.4) is 0 Å². The highest BCUT2D eigenvalue weighted by atomic mass is 16.3. The van der Waals surface area contributed by atoms with E-state index in [4.69, 9.17) is 0 Å². The molecule has 0 aliphatic heterocycles. The Morgan fingerprint density at radius 1 is 0.722 bits per heavy atom. The van der Waals surface area contributed by atoms with Crippen LogP contribution in [-0.2, 0) is 12.8 Å². The van der Waals surface area contributed by atoms with Crippen LogP contribution in [0.1, 0.15) is 25.0 Å². The monoisotopic (exact) mass is 242 g/mol. The van der Waals surface area contributed by atoms with Gasteiger partial charge >= 0.3 is 0 Å². The van der Waals surface area contributed by atoms with Crippen LogP contribution in [0.15, 0.2) is 36.4 Å². The Hall–Kier alpha value is -1.96. The van der Waals surface area contributed by atoms with Crippen LogP contribution < -0.4 is 0 Å². The predicted octanol–water partition coefficient (Wildman–Crippen LogP) is 3.89. The van der Waals surface area contributed by atoms with Crippen molar-refractivity contribution < 1.29 is 10.2 Å². The fourth-order valence-electron chi connectivity index (χ4n) is 2.40. The van der Waals surface area contributed by atoms with E-state index in [2.05, 4.69) is 0 Å². The minimum Gasteiger partial charge on any atom is -0.508 e. The van der Waals surface area contributed by atoms with Gasteiger partial charge in [0.2, 0.25) is 0 Å². The molecule has 0 fully saturated rings. The molecule has 0 aliphatic carbocycles. The number of benzene rings is 2. The van der Waals surface area contributed by atoms with Crippen molar-refractivity contribution in [1.82, 2.24) is 0 Å². The Morgan fingerprint density at radius 2 is 1.11 bits per heavy atom. The molecule has 2 aromatic rings. The van der Waals surface area contributed by atoms with Gasteiger partial charge in [-0.3, -0.25) is 0 Å². The van der Waals surface area contributed by atoms with Gasteiger partial charge in [-0.05, 0) is 36.1 Å². The zero-order valence-electron chi connectivity index (χ0n) is 10.8. The maximum Gasteiger partial charge on any atom is 0.119 e. The average Bonchev–Trinajstić information content (AvgIpc) is 2.38. The molecular formula is C16H18O2. The van der Waals surface area contributed by atoms with E-state index < -0.39 is 0 Å². The van der Waals surface area contributed by atoms with Crippen molar-refractivity contribution in [2.45, 2.75) is 26.7 Å². The summed E-state index contributed by atoms with van der Waals surface area (Å²) in [5.41, 5.74) is 3.87. The molecule has 0 saturated carbocycles. The summed E-state index contributed by atoms with van der Waals surface area (Å²) in [6, 6.07) is 11.1. The van der Waals surface area contributed by atoms with Crippen LogP contribution in [0.5, 0.6) is 11.5 Å². The van der Waals surface area contributed by atoms with Crippen LogP contribution in [0.4, 0.5) is 0 Å². The lowest BCUT2D eigenvalue weighted by atomic mass is 9.92. The second kappa shape index (κ2) is 5.13. The van der Waals surface area contributed by atoms with Crippen LogP contribution in [0.25, 0.3) is 11.1 Å². The van der Waals surface area contributed by atoms with Crippen LogP contribution in [0.2, 0.25) is 0 Å². The molecule has 18 heavy (non-hydrogen) atoms. The number of phenolic OH excluding ortho intramolecular Hbond substituents is 2. The highest BCUT2D eigenvalue weighted by molar-refractivity contribution is 5.74. The van der Waals surface area contributed by atoms with Gasteiger partial charge in [0.1, 0.15) is 11.5 Å². The molecule has 2 aromatic carbocycles. The highest BCUT2D eigenvalue weighted by Gasteiger charge is 2.12. The third kappa shape index (κ3) is 2.06. The summed E-state index contributed by atoms with van der Waals surface area (Å²) in [4.78, 5) is 0. The maximum atomic E-state index is 9.92. The summed E-state index contributed by atoms with van der Waals surface area (Å²) in [5, 5.41) is 19.8. The second-order valence-corrected chi connectivity index (χ2v) is 4.31. The Kier molecular flexibility index (Phi) is 3.56. The first-order chi connectivity index (χ1) is 8.69. The molecule has 0 amide bonds. The average molecular weight is 242 g/mol. The molecule has 0 radical (unpaired) electrons. The van der Waals surface area contributed by atoms with Gasteiger partial charge in [0.25, 0.3) is 0 Å². The molecule has 0 unspecified atom stereocenters. The quantitative estimate of drug-likeness (QED) is 0.857. The van der Waals surface area contributed by atoms with Crippen molar-refractivity contribution in [3.05, 3.63) is 47.5 Å². The smallest absolute Gasteiger partial charge is 0.119 e. The summed E-state index contributed by atoms with van der Waals surface area (Å²) in [7, 11) is 0. The van der Waals surface area contributed by atoms with E-state index >= 15 is 0 Å². The number of aromatic hydroxyl groups is 2. The number of hydrogen-bond acceptors (Lipinski definition) is 2. The number of hydrogen-bond donors (Lipinski definition) is 2. The molecule has 2 N–H and O–H groups in total. The lowest BCUT2D eigenvalue weighted by molar-refractivity contribution is 0.467. The molecule has 0 atom stereocenters. The van der Waals surface area contributed by atoms with E-state index in [0.717, 1.165) is 35.1 Å². The van der Waals surface area contributed by atoms with Gasteiger partial charge in [0, 0.05) is 11.1 Å². The molecule has 0 bridgehead atoms. The van der Waals surface area contributed by atoms with Crippen molar-refractivity contribution in [2.75, 3.05) is 0 Å². The normalized spacial score (nSPS) is 10.6. The molecule has 2 heteroatoms. The molecule has 0 saturated heterocycles. The summed E-state index contributed by atoms with van der Waals surface area (Å²) in [5.74, 6) is 0.640. The van der Waals surface area contributed by atoms with Crippen molar-refractivity contribution in [3.63, 3.8) is 0 Å². The molecule has 94 valence electrons. The van der Waals surface area contributed by atoms with Gasteiger partial charge in [-0.25, -0.2) is 0 Å². The summed E-state index contributed by atoms with van der Waals surface area (Å²) in [6.45, 7) is 4.04. The lowest BCUT2D eigenvalue weighted by Crippen LogP contribution is -1.93. The second-order valence-electron chi connectivity index (χ2n) is 4.31. The van der Waals surface area contributed by atoms with Crippen LogP contribution in [-0.4, -0.2) is 10.2 Å². The Bertz CT molecular complexity index is 508. The predicted molar refractivity (Wildman–Crippen MR) is 74.0 cm³/mol. The highest BCUT2D eigenvalue weighted by Crippen LogP contribution is 2.35. The zero-order valence-corrected chi connectivity index (χ0v) is 10.8. The van der Waals surface area contributed by atoms with Gasteiger partial charge in [0.15, 0.2) is 0 Å². The van der Waals surface area contributed by atoms with Crippen molar-refractivity contribution in [1.29, 1.82) is 0 Å². The van der Waals surface area contributed by atoms with E-state index in [1.807, 2.05) is 38.1 Å². The fourth-order valence-corrected chi connectivity index (χ4v) is 2.40. The van der Waals surface area contributed by atoms with Gasteiger partial charge in [-0.2, -0.15) is 0 Å². The summed E-state index contributed by atoms with van der Waals surface area (Å²) < 4.78 is 0. The first kappa shape index (κ1) is 12.5. The third-order valence-corrected chi connectivity index (χ3v) is 3.30. The van der Waals surface area contributed by atoms with Gasteiger partial charge in [0.05, 0.1) is 0 Å². The summed E-state index contributed by atoms with van der Waals surface area (Å²) >= 11 is 0. The van der Waals surface area contributed by atoms with Gasteiger partial charge < -0.3 is 10.2 Å². The summed E-state index contributed by atoms with van der Waals surface area (Å²) in [6.07, 6.45) is 1.53. The minimum absolute atomic E-state index is 0.320. The van der Waals surface area contributed by atoms with Gasteiger partial charge in [-0.1, -0.05) is 38.1 Å². The van der Waals surface area contributed by atoms with Crippen LogP contribution in [0, 0.1) is 0 Å². The zero-order chi connectivity index (χ0) is 13.1. The van der Waals surface area contributed by atoms with Crippen molar-refractivity contribution in [2.24, 2.45) is 0 Å². The third-order valence-electron chi connectivity index (χ3n) is 3.30. The number of rotatable bonds is 3. The first-order valence-corrected chi connectivity index (χ1v) is 6.31. The molecule has 0 aromatic heterocycles. The lowest BCUT2D eigenvalue weighted by Gasteiger charge is -2.14. The molecular weight excluding hydrogens is 224 g/mol. The maximum absolute atomic E-state index is 9.92. The largest absolute Gasteiger partial charge is 0.508 e. The van der Waals surface area contributed by atoms with Crippen LogP contribution >= 0.6 is 0 Å². The van der Waals surface area contributed by atoms with E-state index in [-0.39, 0.29) is 0 Å². The van der Waals surface area contributed by atoms with E-state index in [9.17, 15) is 10.2 Å². The van der Waals surface area contributed by atoms with E-state index in [1.165, 1.54) is 0 Å². The Labute approximate surface area is 108 Å². The Balaban J connectivity index is 2.69. The van der Waals surface area contributed by atoms with Gasteiger partial charge in [-0.15, -0.1) is 0 Å². The molecule has 0 spiro atoms. The molecule has 0 aliphatic rings. The van der Waals surface area contributed by atoms with E-state index in [1.54, 1.807) is 12.1 Å². The molecule has 2 rings (SSSR count). The first-order valence-electron chi connectivity index (χ1n) is 6.31. The molecule has 0 heterocycles. The minimum atomic E-state index is 0.320. The fraction of sp³-hybridized carbons (Fsp3) is 0.250. The molecule has 2 nitrogen and oxygen atoms in total. The van der Waals surface area contributed by atoms with Crippen molar-refractivity contribution in [3.8, 4) is 22.6 Å². The van der Waals surface area contributed by atoms with Crippen molar-refractivity contribution >= 4 is 0 Å². The standard InChI is InChI=1S/C16H18O2/c1-3-11-13(7-5-9-15(11)17)14-8-6-10-16(18)12(14)4-2/h5-10,17-18H,3-4H2,1-2H3.